The molecule has 0 aromatic heterocycles. The molecule has 0 spiro atoms. The predicted molar refractivity (Wildman–Crippen MR) is 205 cm³/mol. The molecule has 0 bridgehead atoms. The van der Waals surface area contributed by atoms with Gasteiger partial charge in [0.15, 0.2) is 0 Å². The molecular formula is C44H42Ge2. The molecule has 0 aliphatic heterocycles. The van der Waals surface area contributed by atoms with Gasteiger partial charge in [-0.1, -0.05) is 0 Å². The van der Waals surface area contributed by atoms with Crippen LogP contribution in [0.4, 0.5) is 0 Å². The Morgan fingerprint density at radius 2 is 0.587 bits per heavy atom. The first-order chi connectivity index (χ1) is 22.0. The van der Waals surface area contributed by atoms with E-state index in [4.69, 9.17) is 0 Å². The van der Waals surface area contributed by atoms with Crippen molar-refractivity contribution in [3.63, 3.8) is 0 Å². The molecule has 0 radical (unpaired) electrons. The molecule has 0 aliphatic rings. The first kappa shape index (κ1) is 33.2. The summed E-state index contributed by atoms with van der Waals surface area (Å²) in [4.78, 5) is 5.06. The third-order valence-corrected chi connectivity index (χ3v) is 12.1. The molecule has 0 unspecified atom stereocenters. The van der Waals surface area contributed by atoms with Crippen LogP contribution in [0.5, 0.6) is 0 Å². The third kappa shape index (κ3) is 9.89. The molecule has 46 heavy (non-hydrogen) atoms. The first-order valence-corrected chi connectivity index (χ1v) is 31.0. The van der Waals surface area contributed by atoms with Crippen molar-refractivity contribution in [3.05, 3.63) is 188 Å². The van der Waals surface area contributed by atoms with E-state index in [0.717, 1.165) is 22.3 Å². The molecule has 0 atom stereocenters. The summed E-state index contributed by atoms with van der Waals surface area (Å²) in [6.07, 6.45) is 0. The molecule has 0 nitrogen and oxygen atoms in total. The van der Waals surface area contributed by atoms with Gasteiger partial charge in [-0.2, -0.15) is 0 Å². The SMILES string of the molecule is [CH3][Ge]([CH3])([CH3])/[CH]=C(/c1ccccc1)c1ccc(C#Cc2ccc(C#Cc3ccc(/C(=[CH]\[Ge]([CH3])([CH3])[CH3])c4ccccc4)cc3)cc2)cc1. The van der Waals surface area contributed by atoms with Gasteiger partial charge in [-0.25, -0.2) is 0 Å². The fourth-order valence-corrected chi connectivity index (χ4v) is 10.2. The first-order valence-electron chi connectivity index (χ1n) is 15.9. The van der Waals surface area contributed by atoms with E-state index in [1.54, 1.807) is 0 Å². The number of benzene rings is 5. The van der Waals surface area contributed by atoms with Gasteiger partial charge in [-0.05, 0) is 0 Å². The van der Waals surface area contributed by atoms with E-state index >= 15 is 0 Å². The Labute approximate surface area is 282 Å². The minimum atomic E-state index is -1.94. The second kappa shape index (κ2) is 14.9. The van der Waals surface area contributed by atoms with Crippen LogP contribution in [0.25, 0.3) is 11.1 Å². The molecule has 0 N–H and O–H groups in total. The van der Waals surface area contributed by atoms with Crippen molar-refractivity contribution in [1.82, 2.24) is 0 Å². The Balaban J connectivity index is 1.27. The number of hydrogen-bond donors (Lipinski definition) is 0. The van der Waals surface area contributed by atoms with Crippen LogP contribution in [-0.2, 0) is 0 Å². The summed E-state index contributed by atoms with van der Waals surface area (Å²) in [5, 5.41) is 0. The Morgan fingerprint density at radius 3 is 0.848 bits per heavy atom. The Kier molecular flexibility index (Phi) is 10.8. The maximum absolute atomic E-state index is 3.34. The molecular weight excluding hydrogens is 674 g/mol. The summed E-state index contributed by atoms with van der Waals surface area (Å²) in [6.45, 7) is 0. The number of hydrogen-bond acceptors (Lipinski definition) is 0. The van der Waals surface area contributed by atoms with Gasteiger partial charge in [0.25, 0.3) is 0 Å². The van der Waals surface area contributed by atoms with Gasteiger partial charge >= 0.3 is 284 Å². The quantitative estimate of drug-likeness (QED) is 0.121. The Morgan fingerprint density at radius 1 is 0.348 bits per heavy atom. The van der Waals surface area contributed by atoms with Gasteiger partial charge in [0.1, 0.15) is 0 Å². The van der Waals surface area contributed by atoms with E-state index in [9.17, 15) is 0 Å². The molecule has 2 heteroatoms. The minimum absolute atomic E-state index is 0.980. The topological polar surface area (TPSA) is 0 Å². The van der Waals surface area contributed by atoms with Crippen molar-refractivity contribution < 1.29 is 0 Å². The molecule has 0 amide bonds. The van der Waals surface area contributed by atoms with E-state index in [1.165, 1.54) is 33.4 Å². The molecule has 5 aromatic rings. The summed E-state index contributed by atoms with van der Waals surface area (Å²) in [7, 11) is 0. The average Bonchev–Trinajstić information content (AvgIpc) is 3.05. The second-order valence-electron chi connectivity index (χ2n) is 13.8. The maximum atomic E-state index is 3.34. The van der Waals surface area contributed by atoms with Crippen molar-refractivity contribution in [2.75, 3.05) is 0 Å². The van der Waals surface area contributed by atoms with Gasteiger partial charge in [0.2, 0.25) is 0 Å². The fourth-order valence-electron chi connectivity index (χ4n) is 5.16. The van der Waals surface area contributed by atoms with Crippen LogP contribution in [0.2, 0.25) is 34.5 Å². The van der Waals surface area contributed by atoms with Gasteiger partial charge < -0.3 is 0 Å². The second-order valence-corrected chi connectivity index (χ2v) is 34.9. The van der Waals surface area contributed by atoms with Crippen LogP contribution in [0.3, 0.4) is 0 Å². The van der Waals surface area contributed by atoms with E-state index in [0.29, 0.717) is 0 Å². The summed E-state index contributed by atoms with van der Waals surface area (Å²) < 4.78 is 0. The summed E-state index contributed by atoms with van der Waals surface area (Å²) >= 11 is -3.87. The van der Waals surface area contributed by atoms with Crippen molar-refractivity contribution in [1.29, 1.82) is 0 Å². The van der Waals surface area contributed by atoms with Crippen molar-refractivity contribution in [2.45, 2.75) is 34.5 Å². The zero-order valence-corrected chi connectivity index (χ0v) is 32.1. The molecule has 0 saturated carbocycles. The summed E-state index contributed by atoms with van der Waals surface area (Å²) in [5.74, 6) is 27.9. The zero-order valence-electron chi connectivity index (χ0n) is 27.9. The van der Waals surface area contributed by atoms with E-state index in [2.05, 4.69) is 201 Å². The fraction of sp³-hybridized carbons (Fsp3) is 0.136. The van der Waals surface area contributed by atoms with Crippen LogP contribution in [0.1, 0.15) is 44.5 Å². The predicted octanol–water partition coefficient (Wildman–Crippen LogP) is 11.1. The molecule has 0 saturated heterocycles. The van der Waals surface area contributed by atoms with E-state index < -0.39 is 26.5 Å². The van der Waals surface area contributed by atoms with Crippen LogP contribution in [-0.4, -0.2) is 26.5 Å². The third-order valence-electron chi connectivity index (χ3n) is 7.30. The van der Waals surface area contributed by atoms with Crippen LogP contribution in [0, 0.1) is 23.7 Å². The summed E-state index contributed by atoms with van der Waals surface area (Å²) in [5.41, 5.74) is 11.7. The zero-order chi connectivity index (χ0) is 32.6. The number of rotatable bonds is 6. The van der Waals surface area contributed by atoms with Gasteiger partial charge in [-0.15, -0.1) is 0 Å². The van der Waals surface area contributed by atoms with Crippen LogP contribution in [0.15, 0.2) is 143 Å². The van der Waals surface area contributed by atoms with Gasteiger partial charge in [0, 0.05) is 0 Å². The molecule has 5 aromatic carbocycles. The van der Waals surface area contributed by atoms with Gasteiger partial charge in [-0.3, -0.25) is 0 Å². The average molecular weight is 716 g/mol. The van der Waals surface area contributed by atoms with Crippen LogP contribution >= 0.6 is 0 Å². The molecule has 226 valence electrons. The molecule has 0 fully saturated rings. The Hall–Kier alpha value is -4.21. The summed E-state index contributed by atoms with van der Waals surface area (Å²) in [6, 6.07) is 46.9. The van der Waals surface area contributed by atoms with Crippen molar-refractivity contribution in [3.8, 4) is 23.7 Å². The monoisotopic (exact) mass is 718 g/mol. The molecule has 0 heterocycles. The normalized spacial score (nSPS) is 12.0. The standard InChI is InChI=1S/C44H42Ge2/c1-45(2,3)33-43(39-13-9-7-10-14-39)41-29-25-37(26-30-41)23-21-35-17-19-36(20-18-35)22-24-38-27-31-42(32-28-38)44(34-46(4,5)6)40-15-11-8-12-16-40/h7-20,25-34H,1-6H3/b43-33-,44-34-. The Bertz CT molecular complexity index is 1790. The molecule has 5 rings (SSSR count). The van der Waals surface area contributed by atoms with Crippen molar-refractivity contribution in [2.24, 2.45) is 0 Å². The molecule has 0 aliphatic carbocycles. The van der Waals surface area contributed by atoms with E-state index in [1.807, 2.05) is 0 Å². The van der Waals surface area contributed by atoms with Gasteiger partial charge in [0.05, 0.1) is 0 Å². The van der Waals surface area contributed by atoms with E-state index in [-0.39, 0.29) is 0 Å². The van der Waals surface area contributed by atoms with Crippen molar-refractivity contribution >= 4 is 37.7 Å². The van der Waals surface area contributed by atoms with Crippen LogP contribution < -0.4 is 0 Å².